The highest BCUT2D eigenvalue weighted by atomic mass is 14.9. The van der Waals surface area contributed by atoms with E-state index in [9.17, 15) is 0 Å². The predicted octanol–water partition coefficient (Wildman–Crippen LogP) is 1.81. The largest absolute Gasteiger partial charge is 0.399 e. The van der Waals surface area contributed by atoms with E-state index in [2.05, 4.69) is 17.4 Å². The van der Waals surface area contributed by atoms with Crippen LogP contribution in [0.5, 0.6) is 0 Å². The normalized spacial score (nSPS) is 21.3. The van der Waals surface area contributed by atoms with Crippen molar-refractivity contribution >= 4 is 5.69 Å². The number of hydrogen-bond donors (Lipinski definition) is 2. The Morgan fingerprint density at radius 2 is 2.07 bits per heavy atom. The van der Waals surface area contributed by atoms with Gasteiger partial charge in [-0.3, -0.25) is 0 Å². The van der Waals surface area contributed by atoms with E-state index in [0.29, 0.717) is 0 Å². The third kappa shape index (κ3) is 2.48. The van der Waals surface area contributed by atoms with E-state index >= 15 is 0 Å². The summed E-state index contributed by atoms with van der Waals surface area (Å²) in [4.78, 5) is 0. The van der Waals surface area contributed by atoms with Gasteiger partial charge in [-0.1, -0.05) is 12.1 Å². The molecule has 1 aromatic rings. The van der Waals surface area contributed by atoms with Gasteiger partial charge in [-0.15, -0.1) is 0 Å². The lowest BCUT2D eigenvalue weighted by molar-refractivity contribution is 0.533. The summed E-state index contributed by atoms with van der Waals surface area (Å²) in [5.41, 5.74) is 7.90. The first-order chi connectivity index (χ1) is 6.84. The average molecular weight is 190 g/mol. The summed E-state index contributed by atoms with van der Waals surface area (Å²) in [6.07, 6.45) is 3.83. The van der Waals surface area contributed by atoms with Crippen LogP contribution in [0, 0.1) is 5.92 Å². The highest BCUT2D eigenvalue weighted by molar-refractivity contribution is 5.39. The van der Waals surface area contributed by atoms with Crippen molar-refractivity contribution in [3.8, 4) is 0 Å². The molecule has 1 heterocycles. The van der Waals surface area contributed by atoms with Gasteiger partial charge in [0.25, 0.3) is 0 Å². The molecule has 2 heteroatoms. The quantitative estimate of drug-likeness (QED) is 0.713. The summed E-state index contributed by atoms with van der Waals surface area (Å²) in [7, 11) is 0. The third-order valence-electron chi connectivity index (χ3n) is 2.98. The van der Waals surface area contributed by atoms with Crippen molar-refractivity contribution < 1.29 is 0 Å². The Morgan fingerprint density at radius 3 is 2.71 bits per heavy atom. The molecule has 0 amide bonds. The smallest absolute Gasteiger partial charge is 0.0314 e. The van der Waals surface area contributed by atoms with Gasteiger partial charge in [-0.25, -0.2) is 0 Å². The van der Waals surface area contributed by atoms with Crippen LogP contribution >= 0.6 is 0 Å². The minimum absolute atomic E-state index is 0.858. The first-order valence-corrected chi connectivity index (χ1v) is 5.40. The van der Waals surface area contributed by atoms with Crippen LogP contribution in [0.4, 0.5) is 5.69 Å². The van der Waals surface area contributed by atoms with E-state index in [0.717, 1.165) is 11.6 Å². The van der Waals surface area contributed by atoms with Crippen LogP contribution < -0.4 is 11.1 Å². The first-order valence-electron chi connectivity index (χ1n) is 5.40. The molecule has 0 saturated carbocycles. The Hall–Kier alpha value is -1.02. The van der Waals surface area contributed by atoms with Crippen LogP contribution in [-0.4, -0.2) is 13.1 Å². The number of benzene rings is 1. The van der Waals surface area contributed by atoms with E-state index in [4.69, 9.17) is 5.73 Å². The van der Waals surface area contributed by atoms with Gasteiger partial charge < -0.3 is 11.1 Å². The molecule has 0 aliphatic carbocycles. The number of hydrogen-bond acceptors (Lipinski definition) is 2. The standard InChI is InChI=1S/C12H18N2/c13-12-5-3-10(4-6-12)1-2-11-7-8-14-9-11/h3-6,11,14H,1-2,7-9,13H2. The Morgan fingerprint density at radius 1 is 1.29 bits per heavy atom. The summed E-state index contributed by atoms with van der Waals surface area (Å²) in [5, 5.41) is 3.40. The number of aryl methyl sites for hydroxylation is 1. The summed E-state index contributed by atoms with van der Waals surface area (Å²) in [6, 6.07) is 8.25. The number of nitrogen functional groups attached to an aromatic ring is 1. The summed E-state index contributed by atoms with van der Waals surface area (Å²) >= 11 is 0. The van der Waals surface area contributed by atoms with Crippen molar-refractivity contribution in [1.29, 1.82) is 0 Å². The zero-order chi connectivity index (χ0) is 9.80. The minimum atomic E-state index is 0.858. The molecule has 2 nitrogen and oxygen atoms in total. The van der Waals surface area contributed by atoms with Crippen molar-refractivity contribution in [1.82, 2.24) is 5.32 Å². The molecule has 1 fully saturated rings. The van der Waals surface area contributed by atoms with E-state index in [-0.39, 0.29) is 0 Å². The van der Waals surface area contributed by atoms with Gasteiger partial charge >= 0.3 is 0 Å². The molecule has 76 valence electrons. The van der Waals surface area contributed by atoms with Gasteiger partial charge in [0.1, 0.15) is 0 Å². The maximum atomic E-state index is 5.63. The molecule has 0 aromatic heterocycles. The predicted molar refractivity (Wildman–Crippen MR) is 60.2 cm³/mol. The van der Waals surface area contributed by atoms with Crippen LogP contribution in [-0.2, 0) is 6.42 Å². The Bertz CT molecular complexity index is 273. The maximum Gasteiger partial charge on any atom is 0.0314 e. The van der Waals surface area contributed by atoms with Gasteiger partial charge in [-0.05, 0) is 56.0 Å². The fraction of sp³-hybridized carbons (Fsp3) is 0.500. The van der Waals surface area contributed by atoms with Gasteiger partial charge in [-0.2, -0.15) is 0 Å². The second kappa shape index (κ2) is 4.47. The zero-order valence-electron chi connectivity index (χ0n) is 8.50. The molecule has 0 spiro atoms. The molecular weight excluding hydrogens is 172 g/mol. The molecule has 1 aliphatic rings. The third-order valence-corrected chi connectivity index (χ3v) is 2.98. The highest BCUT2D eigenvalue weighted by Crippen LogP contribution is 2.16. The fourth-order valence-electron chi connectivity index (χ4n) is 2.02. The molecule has 2 rings (SSSR count). The van der Waals surface area contributed by atoms with Gasteiger partial charge in [0, 0.05) is 5.69 Å². The van der Waals surface area contributed by atoms with Crippen molar-refractivity contribution in [2.75, 3.05) is 18.8 Å². The molecule has 14 heavy (non-hydrogen) atoms. The van der Waals surface area contributed by atoms with Crippen LogP contribution in [0.2, 0.25) is 0 Å². The second-order valence-corrected chi connectivity index (χ2v) is 4.14. The van der Waals surface area contributed by atoms with Gasteiger partial charge in [0.2, 0.25) is 0 Å². The van der Waals surface area contributed by atoms with Crippen molar-refractivity contribution in [2.24, 2.45) is 5.92 Å². The summed E-state index contributed by atoms with van der Waals surface area (Å²) in [5.74, 6) is 0.882. The lowest BCUT2D eigenvalue weighted by Gasteiger charge is -2.07. The van der Waals surface area contributed by atoms with Crippen molar-refractivity contribution in [2.45, 2.75) is 19.3 Å². The SMILES string of the molecule is Nc1ccc(CCC2CCNC2)cc1. The second-order valence-electron chi connectivity index (χ2n) is 4.14. The lowest BCUT2D eigenvalue weighted by Crippen LogP contribution is -2.09. The fourth-order valence-corrected chi connectivity index (χ4v) is 2.02. The molecule has 1 aromatic carbocycles. The van der Waals surface area contributed by atoms with E-state index < -0.39 is 0 Å². The van der Waals surface area contributed by atoms with Gasteiger partial charge in [0.15, 0.2) is 0 Å². The van der Waals surface area contributed by atoms with Crippen LogP contribution in [0.15, 0.2) is 24.3 Å². The molecule has 0 bridgehead atoms. The lowest BCUT2D eigenvalue weighted by atomic mass is 9.99. The Labute approximate surface area is 85.5 Å². The minimum Gasteiger partial charge on any atom is -0.399 e. The first kappa shape index (κ1) is 9.53. The molecular formula is C12H18N2. The number of nitrogens with two attached hydrogens (primary N) is 1. The average Bonchev–Trinajstić information content (AvgIpc) is 2.70. The number of anilines is 1. The van der Waals surface area contributed by atoms with Crippen molar-refractivity contribution in [3.63, 3.8) is 0 Å². The molecule has 1 unspecified atom stereocenters. The Balaban J connectivity index is 1.82. The van der Waals surface area contributed by atoms with E-state index in [1.54, 1.807) is 0 Å². The zero-order valence-corrected chi connectivity index (χ0v) is 8.50. The Kier molecular flexibility index (Phi) is 3.04. The highest BCUT2D eigenvalue weighted by Gasteiger charge is 2.13. The molecule has 1 aliphatic heterocycles. The van der Waals surface area contributed by atoms with Gasteiger partial charge in [0.05, 0.1) is 0 Å². The van der Waals surface area contributed by atoms with Crippen LogP contribution in [0.25, 0.3) is 0 Å². The molecule has 3 N–H and O–H groups in total. The number of nitrogens with one attached hydrogen (secondary N) is 1. The van der Waals surface area contributed by atoms with E-state index in [1.165, 1.54) is 37.9 Å². The monoisotopic (exact) mass is 190 g/mol. The number of rotatable bonds is 3. The molecule has 1 saturated heterocycles. The molecule has 1 atom stereocenters. The summed E-state index contributed by atoms with van der Waals surface area (Å²) < 4.78 is 0. The van der Waals surface area contributed by atoms with Crippen LogP contribution in [0.3, 0.4) is 0 Å². The van der Waals surface area contributed by atoms with E-state index in [1.807, 2.05) is 12.1 Å². The van der Waals surface area contributed by atoms with Crippen molar-refractivity contribution in [3.05, 3.63) is 29.8 Å². The maximum absolute atomic E-state index is 5.63. The summed E-state index contributed by atoms with van der Waals surface area (Å²) in [6.45, 7) is 2.40. The topological polar surface area (TPSA) is 38.0 Å². The van der Waals surface area contributed by atoms with Crippen LogP contribution in [0.1, 0.15) is 18.4 Å². The molecule has 0 radical (unpaired) electrons.